The van der Waals surface area contributed by atoms with Gasteiger partial charge in [-0.1, -0.05) is 24.3 Å². The Kier molecular flexibility index (Phi) is 3.73. The number of benzene rings is 2. The summed E-state index contributed by atoms with van der Waals surface area (Å²) in [5.41, 5.74) is 3.16. The van der Waals surface area contributed by atoms with Gasteiger partial charge in [0.05, 0.1) is 24.9 Å². The van der Waals surface area contributed by atoms with E-state index >= 15 is 0 Å². The van der Waals surface area contributed by atoms with E-state index in [2.05, 4.69) is 10.1 Å². The summed E-state index contributed by atoms with van der Waals surface area (Å²) in [6.45, 7) is 0. The molecule has 1 aliphatic rings. The lowest BCUT2D eigenvalue weighted by molar-refractivity contribution is 0.401. The highest BCUT2D eigenvalue weighted by Crippen LogP contribution is 2.50. The quantitative estimate of drug-likeness (QED) is 0.461. The molecule has 0 radical (unpaired) electrons. The second kappa shape index (κ2) is 6.60. The van der Waals surface area contributed by atoms with Gasteiger partial charge in [-0.05, 0) is 24.3 Å². The Hall–Kier alpha value is -4.33. The lowest BCUT2D eigenvalue weighted by Crippen LogP contribution is -2.15. The van der Waals surface area contributed by atoms with Gasteiger partial charge >= 0.3 is 0 Å². The fraction of sp³-hybridized carbons (Fsp3) is 0.0870. The monoisotopic (exact) mass is 412 g/mol. The first-order valence-corrected chi connectivity index (χ1v) is 9.66. The van der Waals surface area contributed by atoms with Crippen LogP contribution in [0.3, 0.4) is 0 Å². The number of rotatable bonds is 3. The molecule has 5 aromatic rings. The van der Waals surface area contributed by atoms with E-state index in [1.807, 2.05) is 30.3 Å². The Morgan fingerprint density at radius 3 is 2.81 bits per heavy atom. The van der Waals surface area contributed by atoms with Crippen LogP contribution in [0.1, 0.15) is 22.6 Å². The first-order valence-electron chi connectivity index (χ1n) is 9.66. The van der Waals surface area contributed by atoms with E-state index in [9.17, 15) is 5.11 Å². The number of methoxy groups -OCH3 is 1. The second-order valence-electron chi connectivity index (χ2n) is 7.14. The van der Waals surface area contributed by atoms with Crippen molar-refractivity contribution in [1.82, 2.24) is 19.6 Å². The number of aromatic hydroxyl groups is 1. The molecule has 1 aliphatic heterocycles. The third-order valence-electron chi connectivity index (χ3n) is 5.38. The predicted octanol–water partition coefficient (Wildman–Crippen LogP) is 4.38. The first kappa shape index (κ1) is 17.5. The molecule has 0 amide bonds. The summed E-state index contributed by atoms with van der Waals surface area (Å²) in [7, 11) is 1.64. The van der Waals surface area contributed by atoms with Crippen LogP contribution >= 0.6 is 0 Å². The van der Waals surface area contributed by atoms with Crippen LogP contribution in [0.25, 0.3) is 17.2 Å². The molecule has 0 saturated carbocycles. The minimum atomic E-state index is -0.291. The molecule has 1 N–H and O–H groups in total. The molecule has 0 aliphatic carbocycles. The van der Waals surface area contributed by atoms with Crippen LogP contribution in [0.2, 0.25) is 0 Å². The van der Waals surface area contributed by atoms with Gasteiger partial charge in [0.25, 0.3) is 0 Å². The smallest absolute Gasteiger partial charge is 0.228 e. The van der Waals surface area contributed by atoms with E-state index in [-0.39, 0.29) is 11.7 Å². The van der Waals surface area contributed by atoms with Gasteiger partial charge in [-0.15, -0.1) is 5.10 Å². The van der Waals surface area contributed by atoms with Gasteiger partial charge in [-0.25, -0.2) is 14.5 Å². The number of phenolic OH excluding ortho intramolecular Hbond substituents is 1. The zero-order chi connectivity index (χ0) is 20.9. The number of nitrogens with zero attached hydrogens (tertiary/aromatic N) is 4. The molecule has 0 spiro atoms. The van der Waals surface area contributed by atoms with Crippen molar-refractivity contribution < 1.29 is 19.0 Å². The number of hydrogen-bond acceptors (Lipinski definition) is 7. The second-order valence-corrected chi connectivity index (χ2v) is 7.14. The van der Waals surface area contributed by atoms with Crippen molar-refractivity contribution in [2.24, 2.45) is 0 Å². The predicted molar refractivity (Wildman–Crippen MR) is 111 cm³/mol. The Balaban J connectivity index is 1.66. The number of para-hydroxylation sites is 1. The molecule has 0 saturated heterocycles. The summed E-state index contributed by atoms with van der Waals surface area (Å²) in [6.07, 6.45) is 3.14. The summed E-state index contributed by atoms with van der Waals surface area (Å²) in [5, 5.41) is 14.5. The zero-order valence-corrected chi connectivity index (χ0v) is 16.4. The van der Waals surface area contributed by atoms with Gasteiger partial charge < -0.3 is 19.0 Å². The van der Waals surface area contributed by atoms with Gasteiger partial charge in [-0.2, -0.15) is 0 Å². The lowest BCUT2D eigenvalue weighted by Gasteiger charge is -2.28. The number of fused-ring (bicyclic) bond motifs is 4. The molecule has 6 rings (SSSR count). The van der Waals surface area contributed by atoms with Gasteiger partial charge in [0.15, 0.2) is 11.4 Å². The molecule has 0 bridgehead atoms. The van der Waals surface area contributed by atoms with E-state index in [0.717, 1.165) is 22.4 Å². The number of aromatic nitrogens is 4. The van der Waals surface area contributed by atoms with Gasteiger partial charge in [0.1, 0.15) is 23.6 Å². The highest BCUT2D eigenvalue weighted by molar-refractivity contribution is 5.69. The molecule has 8 heteroatoms. The van der Waals surface area contributed by atoms with Gasteiger partial charge in [0, 0.05) is 17.2 Å². The van der Waals surface area contributed by atoms with Crippen molar-refractivity contribution in [2.75, 3.05) is 7.11 Å². The highest BCUT2D eigenvalue weighted by atomic mass is 16.5. The van der Waals surface area contributed by atoms with Crippen molar-refractivity contribution in [3.05, 3.63) is 83.9 Å². The van der Waals surface area contributed by atoms with Crippen LogP contribution in [0.15, 0.2) is 71.6 Å². The maximum Gasteiger partial charge on any atom is 0.228 e. The normalized spacial score (nSPS) is 14.7. The number of hydrogen-bond donors (Lipinski definition) is 1. The average Bonchev–Trinajstić information content (AvgIpc) is 3.47. The topological polar surface area (TPSA) is 94.9 Å². The summed E-state index contributed by atoms with van der Waals surface area (Å²) >= 11 is 0. The van der Waals surface area contributed by atoms with Crippen molar-refractivity contribution in [3.8, 4) is 34.7 Å². The van der Waals surface area contributed by atoms with Gasteiger partial charge in [0.2, 0.25) is 11.7 Å². The third-order valence-corrected chi connectivity index (χ3v) is 5.38. The average molecular weight is 412 g/mol. The maximum atomic E-state index is 10.0. The SMILES string of the molecule is COc1ccccc1[C@@H]1c2ccc(O)cc2Oc2ncn3nc(-c4ccco4)nc3c21. The third kappa shape index (κ3) is 2.65. The maximum absolute atomic E-state index is 10.0. The van der Waals surface area contributed by atoms with Crippen LogP contribution in [0, 0.1) is 0 Å². The highest BCUT2D eigenvalue weighted by Gasteiger charge is 2.35. The van der Waals surface area contributed by atoms with E-state index in [0.29, 0.717) is 28.9 Å². The molecular weight excluding hydrogens is 396 g/mol. The molecule has 8 nitrogen and oxygen atoms in total. The number of furan rings is 1. The molecule has 31 heavy (non-hydrogen) atoms. The molecule has 0 fully saturated rings. The van der Waals surface area contributed by atoms with E-state index < -0.39 is 0 Å². The zero-order valence-electron chi connectivity index (χ0n) is 16.4. The molecular formula is C23H16N4O4. The van der Waals surface area contributed by atoms with Crippen LogP contribution in [-0.2, 0) is 0 Å². The van der Waals surface area contributed by atoms with E-state index in [1.54, 1.807) is 48.5 Å². The molecule has 152 valence electrons. The largest absolute Gasteiger partial charge is 0.508 e. The minimum Gasteiger partial charge on any atom is -0.508 e. The summed E-state index contributed by atoms with van der Waals surface area (Å²) in [5.74, 6) is 2.51. The molecule has 3 aromatic heterocycles. The van der Waals surface area contributed by atoms with Crippen molar-refractivity contribution in [2.45, 2.75) is 5.92 Å². The summed E-state index contributed by atoms with van der Waals surface area (Å²) < 4.78 is 18.8. The fourth-order valence-electron chi connectivity index (χ4n) is 4.04. The Morgan fingerprint density at radius 1 is 1.06 bits per heavy atom. The Labute approximate surface area is 176 Å². The lowest BCUT2D eigenvalue weighted by atomic mass is 9.83. The summed E-state index contributed by atoms with van der Waals surface area (Å²) in [6, 6.07) is 16.5. The van der Waals surface area contributed by atoms with Crippen LogP contribution in [0.5, 0.6) is 23.1 Å². The molecule has 4 heterocycles. The molecule has 1 atom stereocenters. The molecule has 0 unspecified atom stereocenters. The number of ether oxygens (including phenoxy) is 2. The van der Waals surface area contributed by atoms with Gasteiger partial charge in [-0.3, -0.25) is 0 Å². The van der Waals surface area contributed by atoms with E-state index in [4.69, 9.17) is 18.9 Å². The summed E-state index contributed by atoms with van der Waals surface area (Å²) in [4.78, 5) is 9.23. The van der Waals surface area contributed by atoms with Crippen LogP contribution in [-0.4, -0.2) is 31.8 Å². The first-order chi connectivity index (χ1) is 15.2. The van der Waals surface area contributed by atoms with E-state index in [1.165, 1.54) is 0 Å². The minimum absolute atomic E-state index is 0.115. The Morgan fingerprint density at radius 2 is 1.97 bits per heavy atom. The standard InChI is InChI=1S/C23H16N4O4/c1-29-16-6-3-2-5-14(16)19-15-9-8-13(28)11-18(15)31-23-20(19)22-25-21(17-7-4-10-30-17)26-27(22)12-24-23/h2-12,19,28H,1H3/t19-/m1/s1. The van der Waals surface area contributed by atoms with Crippen LogP contribution in [0.4, 0.5) is 0 Å². The number of phenols is 1. The van der Waals surface area contributed by atoms with Crippen LogP contribution < -0.4 is 9.47 Å². The van der Waals surface area contributed by atoms with Crippen molar-refractivity contribution in [1.29, 1.82) is 0 Å². The van der Waals surface area contributed by atoms with Crippen molar-refractivity contribution in [3.63, 3.8) is 0 Å². The fourth-order valence-corrected chi connectivity index (χ4v) is 4.04. The van der Waals surface area contributed by atoms with Crippen molar-refractivity contribution >= 4 is 5.65 Å². The molecule has 2 aromatic carbocycles. The Bertz CT molecular complexity index is 1430.